The molecule has 3 amide bonds. The molecular formula is C20H20F2N2O7S2. The van der Waals surface area contributed by atoms with Gasteiger partial charge >= 0.3 is 6.61 Å². The van der Waals surface area contributed by atoms with Gasteiger partial charge in [-0.2, -0.15) is 8.78 Å². The molecule has 1 aliphatic rings. The second-order valence-electron chi connectivity index (χ2n) is 6.89. The van der Waals surface area contributed by atoms with Gasteiger partial charge in [0.15, 0.2) is 11.5 Å². The number of carbonyl (C=O) groups excluding carboxylic acids is 3. The minimum absolute atomic E-state index is 0.0272. The van der Waals surface area contributed by atoms with Gasteiger partial charge in [0.05, 0.1) is 23.8 Å². The summed E-state index contributed by atoms with van der Waals surface area (Å²) in [5.74, 6) is -2.39. The maximum absolute atomic E-state index is 13.2. The van der Waals surface area contributed by atoms with Crippen molar-refractivity contribution in [3.05, 3.63) is 40.3 Å². The minimum Gasteiger partial charge on any atom is -0.490 e. The van der Waals surface area contributed by atoms with E-state index < -0.39 is 41.1 Å². The highest BCUT2D eigenvalue weighted by Gasteiger charge is 2.43. The Kier molecular flexibility index (Phi) is 7.64. The number of benzene rings is 1. The summed E-state index contributed by atoms with van der Waals surface area (Å²) in [6.07, 6.45) is -0.125. The molecule has 1 aromatic carbocycles. The summed E-state index contributed by atoms with van der Waals surface area (Å²) in [4.78, 5) is 38.7. The number of fused-ring (bicyclic) bond motifs is 1. The summed E-state index contributed by atoms with van der Waals surface area (Å²) in [6.45, 7) is -0.0803. The molecular weight excluding hydrogens is 482 g/mol. The van der Waals surface area contributed by atoms with E-state index in [1.165, 1.54) is 30.5 Å². The highest BCUT2D eigenvalue weighted by atomic mass is 32.2. The van der Waals surface area contributed by atoms with Crippen LogP contribution in [0.1, 0.15) is 52.6 Å². The van der Waals surface area contributed by atoms with Gasteiger partial charge in [0.2, 0.25) is 5.91 Å². The maximum Gasteiger partial charge on any atom is 0.387 e. The van der Waals surface area contributed by atoms with Gasteiger partial charge in [-0.15, -0.1) is 11.3 Å². The molecule has 0 radical (unpaired) electrons. The summed E-state index contributed by atoms with van der Waals surface area (Å²) in [5, 5.41) is 4.17. The van der Waals surface area contributed by atoms with E-state index in [0.717, 1.165) is 16.2 Å². The first-order valence-corrected chi connectivity index (χ1v) is 12.0. The zero-order chi connectivity index (χ0) is 24.3. The van der Waals surface area contributed by atoms with Crippen LogP contribution in [0.25, 0.3) is 0 Å². The number of hydrogen-bond acceptors (Lipinski definition) is 8. The Morgan fingerprint density at radius 3 is 2.55 bits per heavy atom. The molecule has 0 fully saturated rings. The molecule has 0 saturated carbocycles. The van der Waals surface area contributed by atoms with Gasteiger partial charge in [0.25, 0.3) is 11.8 Å². The van der Waals surface area contributed by atoms with E-state index >= 15 is 0 Å². The SMILES string of the molecule is CCOc1cc(C(CC[SH](=O)=O)N2C(=O)c3csc(NC(C)=O)c3C2=O)ccc1OC(F)F. The van der Waals surface area contributed by atoms with Crippen LogP contribution in [0.15, 0.2) is 23.6 Å². The van der Waals surface area contributed by atoms with Gasteiger partial charge in [-0.05, 0) is 31.0 Å². The maximum atomic E-state index is 13.2. The molecule has 1 N–H and O–H groups in total. The Morgan fingerprint density at radius 1 is 1.21 bits per heavy atom. The second-order valence-corrected chi connectivity index (χ2v) is 8.89. The van der Waals surface area contributed by atoms with E-state index in [0.29, 0.717) is 5.56 Å². The van der Waals surface area contributed by atoms with E-state index in [9.17, 15) is 31.6 Å². The fraction of sp³-hybridized carbons (Fsp3) is 0.350. The number of alkyl halides is 2. The van der Waals surface area contributed by atoms with Crippen molar-refractivity contribution in [1.29, 1.82) is 0 Å². The monoisotopic (exact) mass is 502 g/mol. The van der Waals surface area contributed by atoms with Crippen molar-refractivity contribution >= 4 is 44.8 Å². The Bertz CT molecular complexity index is 1160. The summed E-state index contributed by atoms with van der Waals surface area (Å²) >= 11 is 1.03. The third-order valence-electron chi connectivity index (χ3n) is 4.73. The van der Waals surface area contributed by atoms with Crippen molar-refractivity contribution < 1.29 is 41.1 Å². The molecule has 33 heavy (non-hydrogen) atoms. The number of imide groups is 1. The molecule has 0 saturated heterocycles. The second kappa shape index (κ2) is 10.3. The number of rotatable bonds is 10. The molecule has 0 spiro atoms. The number of carbonyl (C=O) groups is 3. The fourth-order valence-electron chi connectivity index (χ4n) is 3.47. The smallest absolute Gasteiger partial charge is 0.387 e. The van der Waals surface area contributed by atoms with E-state index in [4.69, 9.17) is 4.74 Å². The standard InChI is InChI=1S/C20H20F2N2O7S2/c1-3-30-15-8-11(4-5-14(15)31-20(21)22)13(6-7-33(28)29)24-18(26)12-9-32-17(23-10(2)25)16(12)19(24)27/h4-5,8-9,13,20,33H,3,6-7H2,1-2H3,(H,23,25). The third kappa shape index (κ3) is 5.30. The van der Waals surface area contributed by atoms with Crippen molar-refractivity contribution in [3.8, 4) is 11.5 Å². The summed E-state index contributed by atoms with van der Waals surface area (Å²) in [7, 11) is -2.82. The van der Waals surface area contributed by atoms with Gasteiger partial charge in [-0.1, -0.05) is 6.07 Å². The van der Waals surface area contributed by atoms with E-state index in [1.807, 2.05) is 0 Å². The van der Waals surface area contributed by atoms with E-state index in [1.54, 1.807) is 6.92 Å². The van der Waals surface area contributed by atoms with E-state index in [-0.39, 0.29) is 46.4 Å². The average molecular weight is 503 g/mol. The van der Waals surface area contributed by atoms with Crippen molar-refractivity contribution in [1.82, 2.24) is 4.90 Å². The zero-order valence-electron chi connectivity index (χ0n) is 17.5. The van der Waals surface area contributed by atoms with Gasteiger partial charge in [-0.3, -0.25) is 19.3 Å². The van der Waals surface area contributed by atoms with Crippen LogP contribution in [0, 0.1) is 0 Å². The third-order valence-corrected chi connectivity index (χ3v) is 6.25. The molecule has 2 heterocycles. The predicted octanol–water partition coefficient (Wildman–Crippen LogP) is 3.05. The lowest BCUT2D eigenvalue weighted by atomic mass is 10.0. The largest absolute Gasteiger partial charge is 0.490 e. The lowest BCUT2D eigenvalue weighted by Crippen LogP contribution is -2.35. The van der Waals surface area contributed by atoms with E-state index in [2.05, 4.69) is 10.1 Å². The Labute approximate surface area is 193 Å². The lowest BCUT2D eigenvalue weighted by molar-refractivity contribution is -0.114. The molecule has 1 atom stereocenters. The molecule has 178 valence electrons. The van der Waals surface area contributed by atoms with Crippen LogP contribution in [-0.2, 0) is 15.5 Å². The first-order chi connectivity index (χ1) is 15.6. The molecule has 1 aromatic heterocycles. The summed E-state index contributed by atoms with van der Waals surface area (Å²) < 4.78 is 57.8. The number of hydrogen-bond donors (Lipinski definition) is 2. The van der Waals surface area contributed by atoms with Crippen molar-refractivity contribution in [2.24, 2.45) is 0 Å². The molecule has 1 unspecified atom stereocenters. The van der Waals surface area contributed by atoms with Crippen LogP contribution < -0.4 is 14.8 Å². The number of halogens is 2. The first kappa shape index (κ1) is 24.6. The van der Waals surface area contributed by atoms with Gasteiger partial charge in [0, 0.05) is 18.1 Å². The van der Waals surface area contributed by atoms with Crippen LogP contribution in [0.5, 0.6) is 11.5 Å². The Hall–Kier alpha value is -3.06. The molecule has 3 rings (SSSR count). The first-order valence-electron chi connectivity index (χ1n) is 9.74. The van der Waals surface area contributed by atoms with Crippen molar-refractivity contribution in [3.63, 3.8) is 0 Å². The Morgan fingerprint density at radius 2 is 1.94 bits per heavy atom. The number of amides is 3. The molecule has 2 aromatic rings. The van der Waals surface area contributed by atoms with Crippen molar-refractivity contribution in [2.75, 3.05) is 17.7 Å². The average Bonchev–Trinajstić information content (AvgIpc) is 3.24. The van der Waals surface area contributed by atoms with Crippen LogP contribution >= 0.6 is 11.3 Å². The van der Waals surface area contributed by atoms with Crippen LogP contribution in [-0.4, -0.2) is 50.0 Å². The number of nitrogens with zero attached hydrogens (tertiary/aromatic N) is 1. The number of ether oxygens (including phenoxy) is 2. The highest BCUT2D eigenvalue weighted by Crippen LogP contribution is 2.41. The molecule has 1 aliphatic heterocycles. The number of nitrogens with one attached hydrogen (secondary N) is 1. The normalized spacial score (nSPS) is 14.1. The zero-order valence-corrected chi connectivity index (χ0v) is 19.2. The molecule has 0 bridgehead atoms. The number of thiol groups is 1. The fourth-order valence-corrected chi connectivity index (χ4v) is 4.90. The summed E-state index contributed by atoms with van der Waals surface area (Å²) in [5.41, 5.74) is 0.417. The van der Waals surface area contributed by atoms with Gasteiger partial charge in [-0.25, -0.2) is 8.42 Å². The Balaban J connectivity index is 2.04. The lowest BCUT2D eigenvalue weighted by Gasteiger charge is -2.27. The van der Waals surface area contributed by atoms with Crippen LogP contribution in [0.4, 0.5) is 13.8 Å². The van der Waals surface area contributed by atoms with Crippen LogP contribution in [0.2, 0.25) is 0 Å². The quantitative estimate of drug-likeness (QED) is 0.379. The topological polar surface area (TPSA) is 119 Å². The predicted molar refractivity (Wildman–Crippen MR) is 116 cm³/mol. The highest BCUT2D eigenvalue weighted by molar-refractivity contribution is 7.72. The molecule has 0 aliphatic carbocycles. The molecule has 9 nitrogen and oxygen atoms in total. The van der Waals surface area contributed by atoms with Crippen molar-refractivity contribution in [2.45, 2.75) is 32.9 Å². The molecule has 13 heteroatoms. The van der Waals surface area contributed by atoms with Crippen LogP contribution in [0.3, 0.4) is 0 Å². The summed E-state index contributed by atoms with van der Waals surface area (Å²) in [6, 6.07) is 2.88. The van der Waals surface area contributed by atoms with Gasteiger partial charge < -0.3 is 14.8 Å². The number of anilines is 1. The number of thiophene rings is 1. The van der Waals surface area contributed by atoms with Gasteiger partial charge in [0.1, 0.15) is 15.7 Å². The minimum atomic E-state index is -3.10.